The number of aliphatic carboxylic acids is 1. The fraction of sp³-hybridized carbons (Fsp3) is 0.667. The van der Waals surface area contributed by atoms with Gasteiger partial charge in [-0.25, -0.2) is 8.42 Å². The SMILES string of the molecule is CC(C#N)S(=O)(=O)CCC(=O)O. The Morgan fingerprint density at radius 3 is 2.50 bits per heavy atom. The fourth-order valence-electron chi connectivity index (χ4n) is 0.487. The number of hydrogen-bond acceptors (Lipinski definition) is 4. The Kier molecular flexibility index (Phi) is 3.70. The van der Waals surface area contributed by atoms with Crippen LogP contribution in [0.25, 0.3) is 0 Å². The topological polar surface area (TPSA) is 95.2 Å². The molecule has 0 rings (SSSR count). The monoisotopic (exact) mass is 191 g/mol. The summed E-state index contributed by atoms with van der Waals surface area (Å²) in [4.78, 5) is 10.0. The van der Waals surface area contributed by atoms with Crippen LogP contribution in [0, 0.1) is 11.3 Å². The summed E-state index contributed by atoms with van der Waals surface area (Å²) in [6, 6.07) is 1.55. The van der Waals surface area contributed by atoms with E-state index < -0.39 is 33.2 Å². The van der Waals surface area contributed by atoms with Gasteiger partial charge in [-0.1, -0.05) is 0 Å². The van der Waals surface area contributed by atoms with Gasteiger partial charge in [-0.05, 0) is 6.92 Å². The maximum atomic E-state index is 11.0. The Bertz CT molecular complexity index is 300. The average Bonchev–Trinajstić information content (AvgIpc) is 1.99. The van der Waals surface area contributed by atoms with Crippen molar-refractivity contribution in [3.8, 4) is 6.07 Å². The van der Waals surface area contributed by atoms with E-state index in [1.165, 1.54) is 6.92 Å². The summed E-state index contributed by atoms with van der Waals surface area (Å²) in [5.74, 6) is -1.65. The quantitative estimate of drug-likeness (QED) is 0.663. The van der Waals surface area contributed by atoms with Crippen molar-refractivity contribution in [3.05, 3.63) is 0 Å². The lowest BCUT2D eigenvalue weighted by molar-refractivity contribution is -0.136. The van der Waals surface area contributed by atoms with E-state index >= 15 is 0 Å². The first-order chi connectivity index (χ1) is 5.40. The predicted octanol–water partition coefficient (Wildman–Crippen LogP) is -0.212. The molecule has 1 unspecified atom stereocenters. The summed E-state index contributed by atoms with van der Waals surface area (Å²) < 4.78 is 22.0. The van der Waals surface area contributed by atoms with Crippen LogP contribution < -0.4 is 0 Å². The van der Waals surface area contributed by atoms with Crippen molar-refractivity contribution in [1.82, 2.24) is 0 Å². The van der Waals surface area contributed by atoms with Crippen molar-refractivity contribution in [3.63, 3.8) is 0 Å². The Morgan fingerprint density at radius 1 is 1.67 bits per heavy atom. The van der Waals surface area contributed by atoms with Gasteiger partial charge in [-0.2, -0.15) is 5.26 Å². The zero-order valence-electron chi connectivity index (χ0n) is 6.52. The minimum atomic E-state index is -3.55. The molecule has 0 fully saturated rings. The van der Waals surface area contributed by atoms with Crippen LogP contribution in [0.3, 0.4) is 0 Å². The molecule has 0 radical (unpaired) electrons. The summed E-state index contributed by atoms with van der Waals surface area (Å²) >= 11 is 0. The predicted molar refractivity (Wildman–Crippen MR) is 41.1 cm³/mol. The van der Waals surface area contributed by atoms with Crippen LogP contribution in [0.1, 0.15) is 13.3 Å². The number of nitriles is 1. The third-order valence-corrected chi connectivity index (χ3v) is 3.28. The van der Waals surface area contributed by atoms with Crippen LogP contribution in [0.4, 0.5) is 0 Å². The van der Waals surface area contributed by atoms with Crippen molar-refractivity contribution in [2.75, 3.05) is 5.75 Å². The number of hydrogen-bond donors (Lipinski definition) is 1. The molecule has 68 valence electrons. The molecule has 1 atom stereocenters. The van der Waals surface area contributed by atoms with Crippen LogP contribution >= 0.6 is 0 Å². The van der Waals surface area contributed by atoms with Gasteiger partial charge in [0.2, 0.25) is 0 Å². The van der Waals surface area contributed by atoms with Crippen LogP contribution in [-0.2, 0) is 14.6 Å². The van der Waals surface area contributed by atoms with Gasteiger partial charge in [0.1, 0.15) is 5.25 Å². The van der Waals surface area contributed by atoms with Crippen LogP contribution in [0.15, 0.2) is 0 Å². The summed E-state index contributed by atoms with van der Waals surface area (Å²) in [6.45, 7) is 1.23. The molecule has 0 spiro atoms. The Labute approximate surface area is 70.5 Å². The van der Waals surface area contributed by atoms with Gasteiger partial charge in [-0.3, -0.25) is 4.79 Å². The largest absolute Gasteiger partial charge is 0.481 e. The Hall–Kier alpha value is -1.09. The zero-order valence-corrected chi connectivity index (χ0v) is 7.34. The minimum Gasteiger partial charge on any atom is -0.481 e. The van der Waals surface area contributed by atoms with Crippen LogP contribution in [0.2, 0.25) is 0 Å². The molecule has 0 amide bonds. The van der Waals surface area contributed by atoms with Crippen LogP contribution in [-0.4, -0.2) is 30.5 Å². The second-order valence-electron chi connectivity index (χ2n) is 2.28. The standard InChI is InChI=1S/C6H9NO4S/c1-5(4-7)12(10,11)3-2-6(8)9/h5H,2-3H2,1H3,(H,8,9). The molecule has 0 saturated heterocycles. The number of carboxylic acid groups (broad SMARTS) is 1. The molecule has 0 bridgehead atoms. The van der Waals surface area contributed by atoms with E-state index in [1.807, 2.05) is 0 Å². The van der Waals surface area contributed by atoms with Gasteiger partial charge < -0.3 is 5.11 Å². The fourth-order valence-corrected chi connectivity index (χ4v) is 1.46. The molecule has 0 aromatic rings. The van der Waals surface area contributed by atoms with Gasteiger partial charge in [0.05, 0.1) is 18.2 Å². The van der Waals surface area contributed by atoms with Gasteiger partial charge in [-0.15, -0.1) is 0 Å². The molecule has 0 aliphatic heterocycles. The highest BCUT2D eigenvalue weighted by atomic mass is 32.2. The maximum absolute atomic E-state index is 11.0. The molecule has 0 heterocycles. The third kappa shape index (κ3) is 3.34. The number of rotatable bonds is 4. The number of nitrogens with zero attached hydrogens (tertiary/aromatic N) is 1. The number of carbonyl (C=O) groups is 1. The van der Waals surface area contributed by atoms with Crippen molar-refractivity contribution in [2.45, 2.75) is 18.6 Å². The summed E-state index contributed by atoms with van der Waals surface area (Å²) in [6.07, 6.45) is -0.450. The lowest BCUT2D eigenvalue weighted by Crippen LogP contribution is -2.20. The highest BCUT2D eigenvalue weighted by Crippen LogP contribution is 2.02. The summed E-state index contributed by atoms with van der Waals surface area (Å²) in [5.41, 5.74) is 0. The van der Waals surface area contributed by atoms with Crippen molar-refractivity contribution in [2.24, 2.45) is 0 Å². The lowest BCUT2D eigenvalue weighted by Gasteiger charge is -2.02. The molecule has 0 aliphatic rings. The molecule has 1 N–H and O–H groups in total. The summed E-state index contributed by atoms with van der Waals surface area (Å²) in [7, 11) is -3.55. The Morgan fingerprint density at radius 2 is 2.17 bits per heavy atom. The second kappa shape index (κ2) is 4.07. The first-order valence-electron chi connectivity index (χ1n) is 3.23. The van der Waals surface area contributed by atoms with E-state index in [1.54, 1.807) is 6.07 Å². The first kappa shape index (κ1) is 10.9. The molecule has 0 saturated carbocycles. The lowest BCUT2D eigenvalue weighted by atomic mass is 10.5. The number of sulfone groups is 1. The molecule has 0 aliphatic carbocycles. The van der Waals surface area contributed by atoms with E-state index in [9.17, 15) is 13.2 Å². The molecule has 0 aromatic carbocycles. The highest BCUT2D eigenvalue weighted by molar-refractivity contribution is 7.92. The molecule has 6 heteroatoms. The molecule has 12 heavy (non-hydrogen) atoms. The molecule has 5 nitrogen and oxygen atoms in total. The van der Waals surface area contributed by atoms with E-state index in [0.717, 1.165) is 0 Å². The van der Waals surface area contributed by atoms with Crippen molar-refractivity contribution >= 4 is 15.8 Å². The minimum absolute atomic E-state index is 0.450. The average molecular weight is 191 g/mol. The van der Waals surface area contributed by atoms with E-state index in [-0.39, 0.29) is 0 Å². The highest BCUT2D eigenvalue weighted by Gasteiger charge is 2.20. The molecular weight excluding hydrogens is 182 g/mol. The zero-order chi connectivity index (χ0) is 9.78. The van der Waals surface area contributed by atoms with Gasteiger partial charge in [0.15, 0.2) is 9.84 Å². The summed E-state index contributed by atoms with van der Waals surface area (Å²) in [5, 5.41) is 15.3. The van der Waals surface area contributed by atoms with Crippen molar-refractivity contribution in [1.29, 1.82) is 5.26 Å². The molecule has 0 aromatic heterocycles. The van der Waals surface area contributed by atoms with Gasteiger partial charge in [0.25, 0.3) is 0 Å². The maximum Gasteiger partial charge on any atom is 0.304 e. The third-order valence-electron chi connectivity index (χ3n) is 1.32. The Balaban J connectivity index is 4.27. The van der Waals surface area contributed by atoms with Crippen molar-refractivity contribution < 1.29 is 18.3 Å². The van der Waals surface area contributed by atoms with E-state index in [0.29, 0.717) is 0 Å². The second-order valence-corrected chi connectivity index (χ2v) is 4.72. The first-order valence-corrected chi connectivity index (χ1v) is 4.94. The number of carboxylic acids is 1. The van der Waals surface area contributed by atoms with Gasteiger partial charge in [0, 0.05) is 0 Å². The van der Waals surface area contributed by atoms with Gasteiger partial charge >= 0.3 is 5.97 Å². The normalized spacial score (nSPS) is 13.3. The molecular formula is C6H9NO4S. The smallest absolute Gasteiger partial charge is 0.304 e. The van der Waals surface area contributed by atoms with Crippen LogP contribution in [0.5, 0.6) is 0 Å². The van der Waals surface area contributed by atoms with E-state index in [4.69, 9.17) is 10.4 Å². The van der Waals surface area contributed by atoms with E-state index in [2.05, 4.69) is 0 Å².